The molecule has 1 saturated heterocycles. The van der Waals surface area contributed by atoms with Crippen molar-refractivity contribution in [1.82, 2.24) is 0 Å². The van der Waals surface area contributed by atoms with Gasteiger partial charge in [0.05, 0.1) is 0 Å². The van der Waals surface area contributed by atoms with E-state index in [1.54, 1.807) is 0 Å². The van der Waals surface area contributed by atoms with Crippen molar-refractivity contribution in [3.05, 3.63) is 12.7 Å². The quantitative estimate of drug-likeness (QED) is 0.458. The number of hydrogen-bond acceptors (Lipinski definition) is 1. The summed E-state index contributed by atoms with van der Waals surface area (Å²) in [6.45, 7) is 3.76. The zero-order chi connectivity index (χ0) is 7.45. The summed E-state index contributed by atoms with van der Waals surface area (Å²) in [6.07, 6.45) is 10.0. The van der Waals surface area contributed by atoms with Crippen LogP contribution in [0.5, 0.6) is 0 Å². The molecule has 0 unspecified atom stereocenters. The predicted molar refractivity (Wildman–Crippen MR) is 52.9 cm³/mol. The van der Waals surface area contributed by atoms with Crippen LogP contribution in [0.1, 0.15) is 19.3 Å². The third-order valence-electron chi connectivity index (χ3n) is 2.09. The fourth-order valence-electron chi connectivity index (χ4n) is 1.51. The number of rotatable bonds is 2. The highest BCUT2D eigenvalue weighted by Crippen LogP contribution is 2.50. The highest BCUT2D eigenvalue weighted by atomic mass is 32.4. The van der Waals surface area contributed by atoms with Crippen LogP contribution < -0.4 is 0 Å². The van der Waals surface area contributed by atoms with Gasteiger partial charge < -0.3 is 0 Å². The molecule has 2 heteroatoms. The van der Waals surface area contributed by atoms with Gasteiger partial charge in [-0.05, 0) is 37.4 Å². The molecule has 1 rings (SSSR count). The summed E-state index contributed by atoms with van der Waals surface area (Å²) < 4.78 is 0. The smallest absolute Gasteiger partial charge is 0.00565 e. The fraction of sp³-hybridized carbons (Fsp3) is 0.750. The molecule has 0 N–H and O–H groups in total. The van der Waals surface area contributed by atoms with Crippen molar-refractivity contribution >= 4 is 17.8 Å². The lowest BCUT2D eigenvalue weighted by Gasteiger charge is -2.24. The van der Waals surface area contributed by atoms with Crippen LogP contribution >= 0.6 is 6.04 Å². The average Bonchev–Trinajstić information content (AvgIpc) is 1.89. The van der Waals surface area contributed by atoms with Crippen LogP contribution in [-0.2, 0) is 11.8 Å². The molecule has 0 nitrogen and oxygen atoms in total. The van der Waals surface area contributed by atoms with Gasteiger partial charge in [-0.2, -0.15) is 0 Å². The van der Waals surface area contributed by atoms with Crippen molar-refractivity contribution < 1.29 is 0 Å². The first-order chi connectivity index (χ1) is 4.77. The van der Waals surface area contributed by atoms with Crippen molar-refractivity contribution in [2.24, 2.45) is 0 Å². The van der Waals surface area contributed by atoms with Crippen LogP contribution in [0, 0.1) is 0 Å². The van der Waals surface area contributed by atoms with Crippen LogP contribution in [0.15, 0.2) is 12.7 Å². The van der Waals surface area contributed by atoms with Gasteiger partial charge in [-0.25, -0.2) is 0 Å². The van der Waals surface area contributed by atoms with E-state index >= 15 is 0 Å². The maximum Gasteiger partial charge on any atom is -0.00565 e. The Labute approximate surface area is 68.7 Å². The number of hydrogen-bond donors (Lipinski definition) is 0. The molecule has 0 saturated carbocycles. The summed E-state index contributed by atoms with van der Waals surface area (Å²) in [5.41, 5.74) is 0. The van der Waals surface area contributed by atoms with Crippen LogP contribution in [-0.4, -0.2) is 18.5 Å². The van der Waals surface area contributed by atoms with E-state index in [-0.39, 0.29) is 0 Å². The minimum atomic E-state index is -0.898. The first-order valence-corrected chi connectivity index (χ1v) is 7.31. The van der Waals surface area contributed by atoms with Gasteiger partial charge in [-0.1, -0.05) is 24.3 Å². The van der Waals surface area contributed by atoms with E-state index in [2.05, 4.69) is 6.58 Å². The zero-order valence-corrected chi connectivity index (χ0v) is 8.09. The summed E-state index contributed by atoms with van der Waals surface area (Å²) in [5, 5.41) is 0. The maximum absolute atomic E-state index is 5.59. The highest BCUT2D eigenvalue weighted by Gasteiger charge is 2.17. The molecule has 0 aromatic heterocycles. The average molecular weight is 174 g/mol. The molecule has 10 heavy (non-hydrogen) atoms. The first-order valence-electron chi connectivity index (χ1n) is 3.95. The molecule has 1 heterocycles. The van der Waals surface area contributed by atoms with Gasteiger partial charge in [0.1, 0.15) is 0 Å². The van der Waals surface area contributed by atoms with Gasteiger partial charge in [0.2, 0.25) is 0 Å². The molecule has 0 aromatic carbocycles. The topological polar surface area (TPSA) is 0 Å². The van der Waals surface area contributed by atoms with Crippen molar-refractivity contribution in [3.8, 4) is 0 Å². The fourth-order valence-corrected chi connectivity index (χ4v) is 5.26. The molecular formula is C8H15PS. The highest BCUT2D eigenvalue weighted by molar-refractivity contribution is 8.14. The molecule has 0 spiro atoms. The van der Waals surface area contributed by atoms with Crippen molar-refractivity contribution in [3.63, 3.8) is 0 Å². The Balaban J connectivity index is 2.48. The summed E-state index contributed by atoms with van der Waals surface area (Å²) in [5.74, 6) is 0. The molecule has 0 amide bonds. The van der Waals surface area contributed by atoms with E-state index in [4.69, 9.17) is 11.8 Å². The Hall–Kier alpha value is 0.390. The largest absolute Gasteiger partial charge is 0.103 e. The van der Waals surface area contributed by atoms with Crippen LogP contribution in [0.2, 0.25) is 0 Å². The molecule has 0 aromatic rings. The van der Waals surface area contributed by atoms with E-state index in [0.29, 0.717) is 0 Å². The maximum atomic E-state index is 5.59. The summed E-state index contributed by atoms with van der Waals surface area (Å²) in [7, 11) is 0. The molecular weight excluding hydrogens is 159 g/mol. The van der Waals surface area contributed by atoms with Crippen molar-refractivity contribution in [2.45, 2.75) is 19.3 Å². The third kappa shape index (κ3) is 2.21. The standard InChI is InChI=1S/C8H15PS/c1-2-6-9(10)7-4-3-5-8-9/h2H,1,3-8H2. The Morgan fingerprint density at radius 2 is 1.90 bits per heavy atom. The van der Waals surface area contributed by atoms with E-state index in [9.17, 15) is 0 Å². The Kier molecular flexibility index (Phi) is 3.13. The summed E-state index contributed by atoms with van der Waals surface area (Å²) >= 11 is 5.59. The Bertz CT molecular complexity index is 153. The summed E-state index contributed by atoms with van der Waals surface area (Å²) in [6, 6.07) is -0.898. The van der Waals surface area contributed by atoms with E-state index < -0.39 is 6.04 Å². The molecule has 0 radical (unpaired) electrons. The number of allylic oxidation sites excluding steroid dienone is 1. The predicted octanol–water partition coefficient (Wildman–Crippen LogP) is 2.84. The second kappa shape index (κ2) is 3.69. The normalized spacial score (nSPS) is 24.0. The van der Waals surface area contributed by atoms with Crippen LogP contribution in [0.3, 0.4) is 0 Å². The van der Waals surface area contributed by atoms with Gasteiger partial charge >= 0.3 is 0 Å². The van der Waals surface area contributed by atoms with Gasteiger partial charge in [-0.3, -0.25) is 0 Å². The monoisotopic (exact) mass is 174 g/mol. The van der Waals surface area contributed by atoms with E-state index in [1.165, 1.54) is 31.6 Å². The molecule has 0 atom stereocenters. The van der Waals surface area contributed by atoms with Crippen LogP contribution in [0.25, 0.3) is 0 Å². The lowest BCUT2D eigenvalue weighted by molar-refractivity contribution is 0.752. The van der Waals surface area contributed by atoms with Crippen LogP contribution in [0.4, 0.5) is 0 Å². The van der Waals surface area contributed by atoms with E-state index in [0.717, 1.165) is 6.16 Å². The zero-order valence-electron chi connectivity index (χ0n) is 6.38. The van der Waals surface area contributed by atoms with E-state index in [1.807, 2.05) is 6.08 Å². The lowest BCUT2D eigenvalue weighted by atomic mass is 10.3. The van der Waals surface area contributed by atoms with Crippen molar-refractivity contribution in [2.75, 3.05) is 18.5 Å². The van der Waals surface area contributed by atoms with Gasteiger partial charge in [-0.15, -0.1) is 6.58 Å². The molecule has 0 aliphatic carbocycles. The molecule has 1 fully saturated rings. The first kappa shape index (κ1) is 8.49. The SMILES string of the molecule is C=CCP1(=S)CCCCC1. The Morgan fingerprint density at radius 1 is 1.30 bits per heavy atom. The summed E-state index contributed by atoms with van der Waals surface area (Å²) in [4.78, 5) is 0. The van der Waals surface area contributed by atoms with Gasteiger partial charge in [0.15, 0.2) is 0 Å². The van der Waals surface area contributed by atoms with Crippen molar-refractivity contribution in [1.29, 1.82) is 0 Å². The van der Waals surface area contributed by atoms with Gasteiger partial charge in [0.25, 0.3) is 0 Å². The molecule has 1 aliphatic rings. The second-order valence-corrected chi connectivity index (χ2v) is 8.74. The van der Waals surface area contributed by atoms with Gasteiger partial charge in [0, 0.05) is 0 Å². The molecule has 0 bridgehead atoms. The third-order valence-corrected chi connectivity index (χ3v) is 6.82. The molecule has 1 aliphatic heterocycles. The minimum absolute atomic E-state index is 0.898. The molecule has 58 valence electrons. The minimum Gasteiger partial charge on any atom is -0.103 e. The second-order valence-electron chi connectivity index (χ2n) is 3.04. The lowest BCUT2D eigenvalue weighted by Crippen LogP contribution is -2.04. The Morgan fingerprint density at radius 3 is 2.40 bits per heavy atom.